The van der Waals surface area contributed by atoms with Crippen LogP contribution in [-0.4, -0.2) is 12.2 Å². The third kappa shape index (κ3) is 2.78. The van der Waals surface area contributed by atoms with E-state index in [9.17, 15) is 5.11 Å². The van der Waals surface area contributed by atoms with E-state index in [0.29, 0.717) is 5.02 Å². The number of phenols is 1. The van der Waals surface area contributed by atoms with E-state index < -0.39 is 0 Å². The van der Waals surface area contributed by atoms with E-state index in [-0.39, 0.29) is 11.9 Å². The molecule has 0 bridgehead atoms. The first-order chi connectivity index (χ1) is 8.20. The van der Waals surface area contributed by atoms with Gasteiger partial charge < -0.3 is 9.84 Å². The van der Waals surface area contributed by atoms with Crippen molar-refractivity contribution in [2.75, 3.05) is 7.11 Å². The van der Waals surface area contributed by atoms with Crippen LogP contribution < -0.4 is 0 Å². The zero-order chi connectivity index (χ0) is 12.3. The molecule has 2 nitrogen and oxygen atoms in total. The van der Waals surface area contributed by atoms with Crippen molar-refractivity contribution in [3.05, 3.63) is 64.7 Å². The minimum absolute atomic E-state index is 0.145. The maximum Gasteiger partial charge on any atom is 0.115 e. The number of ether oxygens (including phenoxy) is 1. The molecule has 2 rings (SSSR count). The van der Waals surface area contributed by atoms with E-state index in [0.717, 1.165) is 11.1 Å². The standard InChI is InChI=1S/C14H13ClO2/c1-17-14(10-2-6-12(15)7-3-10)11-4-8-13(16)9-5-11/h2-9,14,16H,1H3. The highest BCUT2D eigenvalue weighted by Gasteiger charge is 2.12. The fraction of sp³-hybridized carbons (Fsp3) is 0.143. The Morgan fingerprint density at radius 1 is 0.941 bits per heavy atom. The van der Waals surface area contributed by atoms with Crippen molar-refractivity contribution in [1.82, 2.24) is 0 Å². The number of phenolic OH excluding ortho intramolecular Hbond substituents is 1. The molecule has 0 aliphatic heterocycles. The van der Waals surface area contributed by atoms with Gasteiger partial charge in [0.2, 0.25) is 0 Å². The molecule has 2 aromatic rings. The Labute approximate surface area is 105 Å². The zero-order valence-corrected chi connectivity index (χ0v) is 10.2. The van der Waals surface area contributed by atoms with Crippen molar-refractivity contribution in [3.63, 3.8) is 0 Å². The predicted molar refractivity (Wildman–Crippen MR) is 68.4 cm³/mol. The Hall–Kier alpha value is -1.51. The third-order valence-electron chi connectivity index (χ3n) is 2.60. The van der Waals surface area contributed by atoms with Gasteiger partial charge >= 0.3 is 0 Å². The summed E-state index contributed by atoms with van der Waals surface area (Å²) in [6.45, 7) is 0. The Morgan fingerprint density at radius 2 is 1.41 bits per heavy atom. The minimum Gasteiger partial charge on any atom is -0.508 e. The topological polar surface area (TPSA) is 29.5 Å². The average molecular weight is 249 g/mol. The van der Waals surface area contributed by atoms with Gasteiger partial charge in [0, 0.05) is 12.1 Å². The number of halogens is 1. The summed E-state index contributed by atoms with van der Waals surface area (Å²) in [4.78, 5) is 0. The van der Waals surface area contributed by atoms with Gasteiger partial charge in [-0.25, -0.2) is 0 Å². The van der Waals surface area contributed by atoms with Gasteiger partial charge in [-0.15, -0.1) is 0 Å². The first-order valence-electron chi connectivity index (χ1n) is 5.28. The number of hydrogen-bond donors (Lipinski definition) is 1. The second kappa shape index (κ2) is 5.21. The lowest BCUT2D eigenvalue weighted by molar-refractivity contribution is 0.136. The van der Waals surface area contributed by atoms with Crippen molar-refractivity contribution in [3.8, 4) is 5.75 Å². The molecule has 0 aromatic heterocycles. The molecule has 0 radical (unpaired) electrons. The molecule has 17 heavy (non-hydrogen) atoms. The van der Waals surface area contributed by atoms with Gasteiger partial charge in [0.25, 0.3) is 0 Å². The summed E-state index contributed by atoms with van der Waals surface area (Å²) in [6.07, 6.45) is -0.145. The quantitative estimate of drug-likeness (QED) is 0.896. The Morgan fingerprint density at radius 3 is 1.88 bits per heavy atom. The van der Waals surface area contributed by atoms with Crippen LogP contribution in [0.25, 0.3) is 0 Å². The molecule has 88 valence electrons. The van der Waals surface area contributed by atoms with E-state index in [4.69, 9.17) is 16.3 Å². The monoisotopic (exact) mass is 248 g/mol. The van der Waals surface area contributed by atoms with Gasteiger partial charge in [0.05, 0.1) is 0 Å². The average Bonchev–Trinajstić information content (AvgIpc) is 2.35. The first kappa shape index (κ1) is 12.0. The van der Waals surface area contributed by atoms with Crippen LogP contribution in [0.4, 0.5) is 0 Å². The summed E-state index contributed by atoms with van der Waals surface area (Å²) in [5, 5.41) is 9.96. The van der Waals surface area contributed by atoms with Gasteiger partial charge in [-0.1, -0.05) is 35.9 Å². The molecular formula is C14H13ClO2. The smallest absolute Gasteiger partial charge is 0.115 e. The highest BCUT2D eigenvalue weighted by Crippen LogP contribution is 2.27. The van der Waals surface area contributed by atoms with Crippen molar-refractivity contribution in [1.29, 1.82) is 0 Å². The Kier molecular flexibility index (Phi) is 3.67. The predicted octanol–water partition coefficient (Wildman–Crippen LogP) is 3.78. The van der Waals surface area contributed by atoms with E-state index in [2.05, 4.69) is 0 Å². The maximum absolute atomic E-state index is 9.26. The van der Waals surface area contributed by atoms with Crippen LogP contribution in [0.5, 0.6) is 5.75 Å². The summed E-state index contributed by atoms with van der Waals surface area (Å²) in [5.41, 5.74) is 2.02. The molecule has 0 aliphatic carbocycles. The minimum atomic E-state index is -0.145. The van der Waals surface area contributed by atoms with Crippen molar-refractivity contribution in [2.45, 2.75) is 6.10 Å². The molecule has 0 amide bonds. The normalized spacial score (nSPS) is 12.4. The molecule has 1 atom stereocenters. The van der Waals surface area contributed by atoms with Crippen LogP contribution >= 0.6 is 11.6 Å². The number of rotatable bonds is 3. The van der Waals surface area contributed by atoms with Gasteiger partial charge in [-0.2, -0.15) is 0 Å². The molecule has 2 aromatic carbocycles. The van der Waals surface area contributed by atoms with E-state index in [1.165, 1.54) is 0 Å². The summed E-state index contributed by atoms with van der Waals surface area (Å²) >= 11 is 5.85. The number of aromatic hydroxyl groups is 1. The first-order valence-corrected chi connectivity index (χ1v) is 5.65. The van der Waals surface area contributed by atoms with E-state index >= 15 is 0 Å². The van der Waals surface area contributed by atoms with Crippen molar-refractivity contribution in [2.24, 2.45) is 0 Å². The second-order valence-electron chi connectivity index (χ2n) is 3.76. The molecular weight excluding hydrogens is 236 g/mol. The van der Waals surface area contributed by atoms with E-state index in [1.54, 1.807) is 19.2 Å². The lowest BCUT2D eigenvalue weighted by atomic mass is 10.0. The largest absolute Gasteiger partial charge is 0.508 e. The van der Waals surface area contributed by atoms with E-state index in [1.807, 2.05) is 36.4 Å². The molecule has 0 heterocycles. The SMILES string of the molecule is COC(c1ccc(O)cc1)c1ccc(Cl)cc1. The van der Waals surface area contributed by atoms with Crippen LogP contribution in [0.1, 0.15) is 17.2 Å². The maximum atomic E-state index is 9.26. The Bertz CT molecular complexity index is 431. The van der Waals surface area contributed by atoms with Gasteiger partial charge in [0.1, 0.15) is 11.9 Å². The molecule has 0 fully saturated rings. The molecule has 0 saturated carbocycles. The highest BCUT2D eigenvalue weighted by atomic mass is 35.5. The van der Waals surface area contributed by atoms with Crippen LogP contribution in [-0.2, 0) is 4.74 Å². The number of benzene rings is 2. The molecule has 0 aliphatic rings. The zero-order valence-electron chi connectivity index (χ0n) is 9.43. The molecule has 1 N–H and O–H groups in total. The summed E-state index contributed by atoms with van der Waals surface area (Å²) in [6, 6.07) is 14.5. The number of hydrogen-bond acceptors (Lipinski definition) is 2. The lowest BCUT2D eigenvalue weighted by Crippen LogP contribution is -2.02. The molecule has 3 heteroatoms. The summed E-state index contributed by atoms with van der Waals surface area (Å²) < 4.78 is 5.48. The van der Waals surface area contributed by atoms with Crippen molar-refractivity contribution < 1.29 is 9.84 Å². The summed E-state index contributed by atoms with van der Waals surface area (Å²) in [5.74, 6) is 0.250. The fourth-order valence-corrected chi connectivity index (χ4v) is 1.88. The van der Waals surface area contributed by atoms with Crippen LogP contribution in [0, 0.1) is 0 Å². The van der Waals surface area contributed by atoms with Crippen LogP contribution in [0.3, 0.4) is 0 Å². The molecule has 0 spiro atoms. The highest BCUT2D eigenvalue weighted by molar-refractivity contribution is 6.30. The van der Waals surface area contributed by atoms with Crippen LogP contribution in [0.15, 0.2) is 48.5 Å². The second-order valence-corrected chi connectivity index (χ2v) is 4.20. The lowest BCUT2D eigenvalue weighted by Gasteiger charge is -2.16. The fourth-order valence-electron chi connectivity index (χ4n) is 1.75. The number of methoxy groups -OCH3 is 1. The van der Waals surface area contributed by atoms with Crippen molar-refractivity contribution >= 4 is 11.6 Å². The molecule has 1 unspecified atom stereocenters. The van der Waals surface area contributed by atoms with Gasteiger partial charge in [-0.3, -0.25) is 0 Å². The van der Waals surface area contributed by atoms with Gasteiger partial charge in [0.15, 0.2) is 0 Å². The Balaban J connectivity index is 2.33. The van der Waals surface area contributed by atoms with Gasteiger partial charge in [-0.05, 0) is 35.4 Å². The molecule has 0 saturated heterocycles. The third-order valence-corrected chi connectivity index (χ3v) is 2.86. The summed E-state index contributed by atoms with van der Waals surface area (Å²) in [7, 11) is 1.66. The van der Waals surface area contributed by atoms with Crippen LogP contribution in [0.2, 0.25) is 5.02 Å².